The first kappa shape index (κ1) is 17.9. The van der Waals surface area contributed by atoms with Crippen LogP contribution >= 0.6 is 34.8 Å². The Morgan fingerprint density at radius 2 is 1.83 bits per heavy atom. The SMILES string of the molecule is O=CCc1c(Cl)n([C@@H]2O[C@H](CO)[C@@H](O)[C@H]2O)c2cc(Cl)c(Cl)cc12. The number of aliphatic hydroxyl groups is 3. The van der Waals surface area contributed by atoms with E-state index in [9.17, 15) is 20.1 Å². The van der Waals surface area contributed by atoms with Crippen LogP contribution in [0, 0.1) is 0 Å². The van der Waals surface area contributed by atoms with Gasteiger partial charge in [-0.2, -0.15) is 0 Å². The summed E-state index contributed by atoms with van der Waals surface area (Å²) in [6.45, 7) is -0.459. The number of hydrogen-bond acceptors (Lipinski definition) is 5. The molecule has 0 amide bonds. The summed E-state index contributed by atoms with van der Waals surface area (Å²) in [5.74, 6) is 0. The number of aromatic nitrogens is 1. The number of carbonyl (C=O) groups is 1. The van der Waals surface area contributed by atoms with Crippen LogP contribution in [-0.4, -0.2) is 51.1 Å². The quantitative estimate of drug-likeness (QED) is 0.690. The summed E-state index contributed by atoms with van der Waals surface area (Å²) < 4.78 is 6.98. The van der Waals surface area contributed by atoms with E-state index >= 15 is 0 Å². The zero-order valence-corrected chi connectivity index (χ0v) is 14.5. The van der Waals surface area contributed by atoms with Gasteiger partial charge in [0.1, 0.15) is 29.8 Å². The molecule has 0 aliphatic carbocycles. The van der Waals surface area contributed by atoms with Crippen molar-refractivity contribution < 1.29 is 24.9 Å². The van der Waals surface area contributed by atoms with Crippen molar-refractivity contribution in [1.29, 1.82) is 0 Å². The third kappa shape index (κ3) is 2.72. The first-order chi connectivity index (χ1) is 11.4. The van der Waals surface area contributed by atoms with E-state index in [0.29, 0.717) is 27.8 Å². The minimum Gasteiger partial charge on any atom is -0.394 e. The van der Waals surface area contributed by atoms with Gasteiger partial charge in [0.05, 0.1) is 22.2 Å². The second kappa shape index (κ2) is 6.80. The lowest BCUT2D eigenvalue weighted by atomic mass is 10.1. The summed E-state index contributed by atoms with van der Waals surface area (Å²) in [4.78, 5) is 11.0. The predicted octanol–water partition coefficient (Wildman–Crippen LogP) is 1.95. The van der Waals surface area contributed by atoms with E-state index in [-0.39, 0.29) is 16.6 Å². The molecule has 6 nitrogen and oxygen atoms in total. The Balaban J connectivity index is 2.22. The Morgan fingerprint density at radius 3 is 2.42 bits per heavy atom. The smallest absolute Gasteiger partial charge is 0.164 e. The van der Waals surface area contributed by atoms with E-state index in [0.717, 1.165) is 0 Å². The van der Waals surface area contributed by atoms with Gasteiger partial charge in [-0.15, -0.1) is 0 Å². The Hall–Kier alpha value is -0.860. The fourth-order valence-corrected chi connectivity index (χ4v) is 3.65. The first-order valence-corrected chi connectivity index (χ1v) is 8.27. The van der Waals surface area contributed by atoms with Gasteiger partial charge in [0.25, 0.3) is 0 Å². The molecule has 0 radical (unpaired) electrons. The number of fused-ring (bicyclic) bond motifs is 1. The molecule has 24 heavy (non-hydrogen) atoms. The van der Waals surface area contributed by atoms with Gasteiger partial charge in [-0.25, -0.2) is 0 Å². The molecule has 4 atom stereocenters. The van der Waals surface area contributed by atoms with Crippen molar-refractivity contribution in [3.05, 3.63) is 32.9 Å². The molecule has 2 heterocycles. The maximum absolute atomic E-state index is 11.0. The highest BCUT2D eigenvalue weighted by Crippen LogP contribution is 2.41. The van der Waals surface area contributed by atoms with Crippen LogP contribution < -0.4 is 0 Å². The maximum atomic E-state index is 11.0. The van der Waals surface area contributed by atoms with Crippen molar-refractivity contribution in [1.82, 2.24) is 4.57 Å². The molecule has 3 rings (SSSR count). The molecular weight excluding hydrogens is 381 g/mol. The second-order valence-electron chi connectivity index (χ2n) is 5.52. The zero-order valence-electron chi connectivity index (χ0n) is 12.2. The van der Waals surface area contributed by atoms with Crippen LogP contribution in [-0.2, 0) is 16.0 Å². The standard InChI is InChI=1S/C15H14Cl3NO5/c16-8-3-7-6(1-2-20)14(18)19(10(7)4-9(8)17)15-13(23)12(22)11(5-21)24-15/h2-4,11-13,15,21-23H,1,5H2/t11-,12-,13-,15-/m1/s1. The first-order valence-electron chi connectivity index (χ1n) is 7.14. The van der Waals surface area contributed by atoms with Gasteiger partial charge in [-0.1, -0.05) is 34.8 Å². The lowest BCUT2D eigenvalue weighted by molar-refractivity contribution is -0.107. The molecule has 3 N–H and O–H groups in total. The number of rotatable bonds is 4. The summed E-state index contributed by atoms with van der Waals surface area (Å²) in [6.07, 6.45) is -3.83. The summed E-state index contributed by atoms with van der Waals surface area (Å²) in [6, 6.07) is 3.13. The molecule has 2 aromatic rings. The van der Waals surface area contributed by atoms with Crippen LogP contribution in [0.2, 0.25) is 15.2 Å². The summed E-state index contributed by atoms with van der Waals surface area (Å²) in [7, 11) is 0. The van der Waals surface area contributed by atoms with Crippen LogP contribution in [0.5, 0.6) is 0 Å². The van der Waals surface area contributed by atoms with Gasteiger partial charge < -0.3 is 29.4 Å². The molecule has 0 spiro atoms. The molecule has 0 saturated carbocycles. The molecule has 9 heteroatoms. The van der Waals surface area contributed by atoms with E-state index < -0.39 is 31.1 Å². The van der Waals surface area contributed by atoms with Gasteiger partial charge in [-0.3, -0.25) is 0 Å². The summed E-state index contributed by atoms with van der Waals surface area (Å²) in [5, 5.41) is 30.8. The van der Waals surface area contributed by atoms with Crippen molar-refractivity contribution in [2.24, 2.45) is 0 Å². The topological polar surface area (TPSA) is 91.9 Å². The Bertz CT molecular complexity index is 793. The number of aliphatic hydroxyl groups excluding tert-OH is 3. The van der Waals surface area contributed by atoms with Crippen LogP contribution in [0.3, 0.4) is 0 Å². The third-order valence-corrected chi connectivity index (χ3v) is 5.28. The van der Waals surface area contributed by atoms with Crippen molar-refractivity contribution >= 4 is 52.0 Å². The minimum absolute atomic E-state index is 0.0368. The Labute approximate surface area is 152 Å². The fourth-order valence-electron chi connectivity index (χ4n) is 2.96. The van der Waals surface area contributed by atoms with Crippen molar-refractivity contribution in [2.75, 3.05) is 6.61 Å². The molecular formula is C15H14Cl3NO5. The predicted molar refractivity (Wildman–Crippen MR) is 89.7 cm³/mol. The molecule has 1 aromatic carbocycles. The maximum Gasteiger partial charge on any atom is 0.164 e. The van der Waals surface area contributed by atoms with Gasteiger partial charge in [0.2, 0.25) is 0 Å². The minimum atomic E-state index is -1.31. The number of halogens is 3. The third-order valence-electron chi connectivity index (χ3n) is 4.14. The number of aldehydes is 1. The molecule has 1 aliphatic rings. The number of carbonyl (C=O) groups excluding carboxylic acids is 1. The molecule has 1 saturated heterocycles. The number of nitrogens with zero attached hydrogens (tertiary/aromatic N) is 1. The van der Waals surface area contributed by atoms with Gasteiger partial charge in [0, 0.05) is 17.4 Å². The fraction of sp³-hybridized carbons (Fsp3) is 0.400. The van der Waals surface area contributed by atoms with Gasteiger partial charge >= 0.3 is 0 Å². The Morgan fingerprint density at radius 1 is 1.17 bits per heavy atom. The normalized spacial score (nSPS) is 27.1. The van der Waals surface area contributed by atoms with Gasteiger partial charge in [-0.05, 0) is 12.1 Å². The largest absolute Gasteiger partial charge is 0.394 e. The van der Waals surface area contributed by atoms with Crippen LogP contribution in [0.25, 0.3) is 10.9 Å². The van der Waals surface area contributed by atoms with Crippen molar-refractivity contribution in [2.45, 2.75) is 31.0 Å². The lowest BCUT2D eigenvalue weighted by Gasteiger charge is -2.19. The van der Waals surface area contributed by atoms with Crippen molar-refractivity contribution in [3.63, 3.8) is 0 Å². The molecule has 1 aromatic heterocycles. The zero-order chi connectivity index (χ0) is 17.6. The Kier molecular flexibility index (Phi) is 5.09. The number of benzene rings is 1. The number of ether oxygens (including phenoxy) is 1. The highest BCUT2D eigenvalue weighted by atomic mass is 35.5. The molecule has 1 fully saturated rings. The summed E-state index contributed by atoms with van der Waals surface area (Å²) in [5.41, 5.74) is 1.01. The van der Waals surface area contributed by atoms with Crippen LogP contribution in [0.1, 0.15) is 11.8 Å². The second-order valence-corrected chi connectivity index (χ2v) is 6.69. The molecule has 0 unspecified atom stereocenters. The van der Waals surface area contributed by atoms with Gasteiger partial charge in [0.15, 0.2) is 6.23 Å². The molecule has 130 valence electrons. The van der Waals surface area contributed by atoms with Crippen LogP contribution in [0.4, 0.5) is 0 Å². The molecule has 0 bridgehead atoms. The lowest BCUT2D eigenvalue weighted by Crippen LogP contribution is -2.33. The van der Waals surface area contributed by atoms with Crippen molar-refractivity contribution in [3.8, 4) is 0 Å². The highest BCUT2D eigenvalue weighted by Gasteiger charge is 2.44. The van der Waals surface area contributed by atoms with E-state index in [2.05, 4.69) is 0 Å². The number of hydrogen-bond donors (Lipinski definition) is 3. The summed E-state index contributed by atoms with van der Waals surface area (Å²) >= 11 is 18.5. The monoisotopic (exact) mass is 393 g/mol. The van der Waals surface area contributed by atoms with Crippen LogP contribution in [0.15, 0.2) is 12.1 Å². The highest BCUT2D eigenvalue weighted by molar-refractivity contribution is 6.43. The van der Waals surface area contributed by atoms with E-state index in [4.69, 9.17) is 39.5 Å². The van der Waals surface area contributed by atoms with E-state index in [1.807, 2.05) is 0 Å². The average molecular weight is 395 g/mol. The van der Waals surface area contributed by atoms with E-state index in [1.165, 1.54) is 4.57 Å². The molecule has 1 aliphatic heterocycles. The average Bonchev–Trinajstić information content (AvgIpc) is 2.97. The van der Waals surface area contributed by atoms with E-state index in [1.54, 1.807) is 12.1 Å².